The summed E-state index contributed by atoms with van der Waals surface area (Å²) >= 11 is 0. The predicted octanol–water partition coefficient (Wildman–Crippen LogP) is 18.1. The fourth-order valence-electron chi connectivity index (χ4n) is 14.7. The van der Waals surface area contributed by atoms with Crippen molar-refractivity contribution in [3.05, 3.63) is 179 Å². The minimum atomic E-state index is 0.454. The Balaban J connectivity index is 0.000000199. The van der Waals surface area contributed by atoms with E-state index in [0.717, 1.165) is 58.2 Å². The van der Waals surface area contributed by atoms with Crippen LogP contribution in [0.5, 0.6) is 34.5 Å². The lowest BCUT2D eigenvalue weighted by molar-refractivity contribution is 0.0513. The van der Waals surface area contributed by atoms with Gasteiger partial charge in [0.05, 0.1) is 42.7 Å². The van der Waals surface area contributed by atoms with Gasteiger partial charge in [-0.25, -0.2) is 0 Å². The molecule has 4 atom stereocenters. The van der Waals surface area contributed by atoms with E-state index in [-0.39, 0.29) is 0 Å². The van der Waals surface area contributed by atoms with Crippen molar-refractivity contribution >= 4 is 0 Å². The third-order valence-electron chi connectivity index (χ3n) is 19.4. The monoisotopic (exact) mass is 1020 g/mol. The Hall–Kier alpha value is -5.88. The summed E-state index contributed by atoms with van der Waals surface area (Å²) in [7, 11) is 10.5. The van der Waals surface area contributed by atoms with Crippen molar-refractivity contribution in [1.82, 2.24) is 0 Å². The molecule has 4 aliphatic rings. The molecule has 0 heterocycles. The van der Waals surface area contributed by atoms with Crippen molar-refractivity contribution in [2.45, 2.75) is 146 Å². The zero-order valence-corrected chi connectivity index (χ0v) is 47.2. The van der Waals surface area contributed by atoms with Gasteiger partial charge in [-0.3, -0.25) is 0 Å². The number of methoxy groups -OCH3 is 6. The first-order chi connectivity index (χ1) is 37.0. The number of hydrogen-bond donors (Lipinski definition) is 0. The van der Waals surface area contributed by atoms with Crippen LogP contribution < -0.4 is 28.4 Å². The van der Waals surface area contributed by atoms with Crippen molar-refractivity contribution in [3.8, 4) is 34.5 Å². The second kappa shape index (κ2) is 26.0. The molecular weight excluding hydrogens is 937 g/mol. The van der Waals surface area contributed by atoms with E-state index in [1.165, 1.54) is 130 Å². The van der Waals surface area contributed by atoms with Crippen LogP contribution in [0.1, 0.15) is 179 Å². The minimum absolute atomic E-state index is 0.454. The fraction of sp³-hybridized carbons (Fsp3) is 0.486. The molecule has 0 spiro atoms. The van der Waals surface area contributed by atoms with E-state index >= 15 is 0 Å². The zero-order valence-electron chi connectivity index (χ0n) is 47.2. The molecule has 0 amide bonds. The molecular formula is C70H88O6. The van der Waals surface area contributed by atoms with Gasteiger partial charge >= 0.3 is 0 Å². The quantitative estimate of drug-likeness (QED) is 0.0963. The van der Waals surface area contributed by atoms with E-state index < -0.39 is 0 Å². The summed E-state index contributed by atoms with van der Waals surface area (Å²) in [5, 5.41) is 0. The van der Waals surface area contributed by atoms with Crippen LogP contribution in [-0.2, 0) is 0 Å². The Morgan fingerprint density at radius 2 is 0.474 bits per heavy atom. The molecule has 0 radical (unpaired) electrons. The third kappa shape index (κ3) is 13.6. The Bertz CT molecular complexity index is 2350. The van der Waals surface area contributed by atoms with E-state index in [9.17, 15) is 0 Å². The van der Waals surface area contributed by atoms with Gasteiger partial charge in [-0.1, -0.05) is 86.6 Å². The smallest absolute Gasteiger partial charge is 0.118 e. The van der Waals surface area contributed by atoms with Crippen LogP contribution >= 0.6 is 0 Å². The maximum Gasteiger partial charge on any atom is 0.118 e. The molecule has 0 bridgehead atoms. The lowest BCUT2D eigenvalue weighted by Gasteiger charge is -2.47. The van der Waals surface area contributed by atoms with Crippen molar-refractivity contribution in [2.24, 2.45) is 29.1 Å². The van der Waals surface area contributed by atoms with Gasteiger partial charge in [0, 0.05) is 0 Å². The second-order valence-electron chi connectivity index (χ2n) is 23.7. The Labute approximate surface area is 457 Å². The molecule has 0 saturated heterocycles. The Kier molecular flexibility index (Phi) is 18.8. The number of rotatable bonds is 16. The molecule has 0 aromatic heterocycles. The van der Waals surface area contributed by atoms with Crippen molar-refractivity contribution in [2.75, 3.05) is 42.7 Å². The molecule has 0 aliphatic heterocycles. The van der Waals surface area contributed by atoms with Crippen LogP contribution in [0.25, 0.3) is 0 Å². The summed E-state index contributed by atoms with van der Waals surface area (Å²) in [6, 6.07) is 52.9. The standard InChI is InChI=1S/C41H48O4.C29H40O2/c1-42-38-13-5-30(6-14-38)34-22-28(23-35(26-34)31-7-15-39(43-2)16-8-31)21-29-24-36(32-9-17-40(44-3)18-10-32)27-37(25-29)33-11-19-41(45-4)20-12-33;1-29(2,25-13-5-21(6-14-25)23-9-17-27(30-3)18-10-23)26-15-7-22(8-16-26)24-11-19-28(31-4)20-12-24/h5-20,28-29,34-37H,21-27H2,1-4H3;9-12,17-22,25-26H,5-8,13-16H2,1-4H3. The van der Waals surface area contributed by atoms with Crippen LogP contribution in [0.4, 0.5) is 0 Å². The summed E-state index contributed by atoms with van der Waals surface area (Å²) in [5.41, 5.74) is 9.21. The molecule has 4 fully saturated rings. The molecule has 6 nitrogen and oxygen atoms in total. The number of ether oxygens (including phenoxy) is 6. The molecule has 6 heteroatoms. The molecule has 4 unspecified atom stereocenters. The fourth-order valence-corrected chi connectivity index (χ4v) is 14.7. The van der Waals surface area contributed by atoms with Gasteiger partial charge in [-0.05, 0) is 267 Å². The lowest BCUT2D eigenvalue weighted by Crippen LogP contribution is -2.36. The Morgan fingerprint density at radius 1 is 0.276 bits per heavy atom. The Morgan fingerprint density at radius 3 is 0.671 bits per heavy atom. The molecule has 4 aliphatic carbocycles. The van der Waals surface area contributed by atoms with Crippen molar-refractivity contribution in [3.63, 3.8) is 0 Å². The second-order valence-corrected chi connectivity index (χ2v) is 23.7. The molecule has 10 rings (SSSR count). The maximum absolute atomic E-state index is 5.48. The molecule has 6 aromatic rings. The average Bonchev–Trinajstić information content (AvgIpc) is 3.49. The average molecular weight is 1030 g/mol. The largest absolute Gasteiger partial charge is 0.497 e. The normalized spacial score (nSPS) is 25.7. The van der Waals surface area contributed by atoms with Gasteiger partial charge in [0.25, 0.3) is 0 Å². The first kappa shape index (κ1) is 54.9. The minimum Gasteiger partial charge on any atom is -0.497 e. The molecule has 0 N–H and O–H groups in total. The van der Waals surface area contributed by atoms with Crippen LogP contribution in [-0.4, -0.2) is 42.7 Å². The molecule has 76 heavy (non-hydrogen) atoms. The first-order valence-electron chi connectivity index (χ1n) is 28.9. The predicted molar refractivity (Wildman–Crippen MR) is 311 cm³/mol. The van der Waals surface area contributed by atoms with E-state index in [2.05, 4.69) is 159 Å². The van der Waals surface area contributed by atoms with Gasteiger partial charge in [-0.2, -0.15) is 0 Å². The van der Waals surface area contributed by atoms with Gasteiger partial charge in [0.1, 0.15) is 34.5 Å². The highest BCUT2D eigenvalue weighted by Gasteiger charge is 2.41. The van der Waals surface area contributed by atoms with Gasteiger partial charge in [0.2, 0.25) is 0 Å². The summed E-state index contributed by atoms with van der Waals surface area (Å²) in [6.45, 7) is 5.15. The first-order valence-corrected chi connectivity index (χ1v) is 28.9. The molecule has 6 aromatic carbocycles. The maximum atomic E-state index is 5.48. The van der Waals surface area contributed by atoms with E-state index in [1.54, 1.807) is 42.7 Å². The van der Waals surface area contributed by atoms with Crippen molar-refractivity contribution in [1.29, 1.82) is 0 Å². The van der Waals surface area contributed by atoms with Crippen LogP contribution in [0.3, 0.4) is 0 Å². The molecule has 4 saturated carbocycles. The zero-order chi connectivity index (χ0) is 53.0. The number of benzene rings is 6. The summed E-state index contributed by atoms with van der Waals surface area (Å²) in [6.07, 6.45) is 19.5. The highest BCUT2D eigenvalue weighted by molar-refractivity contribution is 5.36. The lowest BCUT2D eigenvalue weighted by atomic mass is 9.58. The summed E-state index contributed by atoms with van der Waals surface area (Å²) in [4.78, 5) is 0. The van der Waals surface area contributed by atoms with Crippen LogP contribution in [0, 0.1) is 29.1 Å². The summed E-state index contributed by atoms with van der Waals surface area (Å²) < 4.78 is 32.6. The van der Waals surface area contributed by atoms with Crippen LogP contribution in [0.15, 0.2) is 146 Å². The van der Waals surface area contributed by atoms with Crippen molar-refractivity contribution < 1.29 is 28.4 Å². The van der Waals surface area contributed by atoms with Gasteiger partial charge < -0.3 is 28.4 Å². The summed E-state index contributed by atoms with van der Waals surface area (Å²) in [5.74, 6) is 12.3. The van der Waals surface area contributed by atoms with E-state index in [0.29, 0.717) is 40.9 Å². The highest BCUT2D eigenvalue weighted by atomic mass is 16.5. The van der Waals surface area contributed by atoms with E-state index in [1.807, 2.05) is 0 Å². The van der Waals surface area contributed by atoms with Crippen LogP contribution in [0.2, 0.25) is 0 Å². The van der Waals surface area contributed by atoms with Gasteiger partial charge in [-0.15, -0.1) is 0 Å². The SMILES string of the molecule is COc1ccc(C2CC(CC3CC(c4ccc(OC)cc4)CC(c4ccc(OC)cc4)C3)CC(c3ccc(OC)cc3)C2)cc1.COc1ccc(C2CCC(C(C)(C)C3CCC(c4ccc(OC)cc4)CC3)CC2)cc1. The van der Waals surface area contributed by atoms with E-state index in [4.69, 9.17) is 28.4 Å². The molecule has 404 valence electrons. The highest BCUT2D eigenvalue weighted by Crippen LogP contribution is 2.54. The third-order valence-corrected chi connectivity index (χ3v) is 19.4. The number of hydrogen-bond acceptors (Lipinski definition) is 6. The van der Waals surface area contributed by atoms with Gasteiger partial charge in [0.15, 0.2) is 0 Å². The topological polar surface area (TPSA) is 55.4 Å².